The van der Waals surface area contributed by atoms with Crippen LogP contribution in [0.2, 0.25) is 0 Å². The fourth-order valence-electron chi connectivity index (χ4n) is 1.13. The third-order valence-corrected chi connectivity index (χ3v) is 1.82. The molecule has 4 N–H and O–H groups in total. The van der Waals surface area contributed by atoms with E-state index in [1.807, 2.05) is 0 Å². The predicted molar refractivity (Wildman–Crippen MR) is 34.8 cm³/mol. The molecule has 1 heterocycles. The van der Waals surface area contributed by atoms with Crippen molar-refractivity contribution in [2.45, 2.75) is 24.4 Å². The molecule has 66 valence electrons. The molecule has 4 atom stereocenters. The Hall–Kier alpha value is -0.200. The van der Waals surface area contributed by atoms with E-state index in [1.54, 1.807) is 0 Å². The zero-order valence-corrected chi connectivity index (χ0v) is 5.92. The highest BCUT2D eigenvalue weighted by atomic mass is 16.6. The van der Waals surface area contributed by atoms with Crippen LogP contribution in [-0.2, 0) is 4.74 Å². The molecule has 0 bridgehead atoms. The van der Waals surface area contributed by atoms with Gasteiger partial charge < -0.3 is 25.2 Å². The predicted octanol–water partition coefficient (Wildman–Crippen LogP) is -2.54. The molecule has 11 heavy (non-hydrogen) atoms. The van der Waals surface area contributed by atoms with Gasteiger partial charge in [0.2, 0.25) is 0 Å². The van der Waals surface area contributed by atoms with Gasteiger partial charge in [-0.15, -0.1) is 0 Å². The molecule has 0 aromatic carbocycles. The first-order valence-electron chi connectivity index (χ1n) is 3.44. The maximum Gasteiger partial charge on any atom is 0.111 e. The molecule has 1 aliphatic rings. The van der Waals surface area contributed by atoms with E-state index < -0.39 is 24.4 Å². The Bertz CT molecular complexity index is 110. The summed E-state index contributed by atoms with van der Waals surface area (Å²) < 4.78 is 4.88. The molecule has 0 spiro atoms. The Morgan fingerprint density at radius 1 is 0.909 bits per heavy atom. The van der Waals surface area contributed by atoms with Gasteiger partial charge in [-0.3, -0.25) is 0 Å². The van der Waals surface area contributed by atoms with Gasteiger partial charge in [0.15, 0.2) is 0 Å². The van der Waals surface area contributed by atoms with Crippen molar-refractivity contribution in [2.75, 3.05) is 13.2 Å². The normalized spacial score (nSPS) is 44.7. The molecular weight excluding hydrogens is 152 g/mol. The average molecular weight is 164 g/mol. The van der Waals surface area contributed by atoms with Gasteiger partial charge in [-0.2, -0.15) is 0 Å². The molecule has 0 amide bonds. The quantitative estimate of drug-likeness (QED) is 0.361. The molecule has 5 heteroatoms. The molecule has 0 aromatic rings. The van der Waals surface area contributed by atoms with Crippen LogP contribution in [0.15, 0.2) is 0 Å². The highest BCUT2D eigenvalue weighted by molar-refractivity contribution is 4.89. The molecule has 1 aliphatic heterocycles. The van der Waals surface area contributed by atoms with Gasteiger partial charge in [0.1, 0.15) is 24.4 Å². The Labute approximate surface area is 63.8 Å². The first kappa shape index (κ1) is 8.89. The average Bonchev–Trinajstić information content (AvgIpc) is 2.30. The van der Waals surface area contributed by atoms with Crippen molar-refractivity contribution in [2.24, 2.45) is 0 Å². The fraction of sp³-hybridized carbons (Fsp3) is 1.00. The third-order valence-electron chi connectivity index (χ3n) is 1.82. The Morgan fingerprint density at radius 2 is 1.27 bits per heavy atom. The van der Waals surface area contributed by atoms with Gasteiger partial charge in [0.25, 0.3) is 0 Å². The maximum absolute atomic E-state index is 9.11. The lowest BCUT2D eigenvalue weighted by atomic mass is 10.1. The largest absolute Gasteiger partial charge is 0.394 e. The van der Waals surface area contributed by atoms with E-state index in [-0.39, 0.29) is 13.2 Å². The summed E-state index contributed by atoms with van der Waals surface area (Å²) >= 11 is 0. The smallest absolute Gasteiger partial charge is 0.111 e. The fourth-order valence-corrected chi connectivity index (χ4v) is 1.13. The van der Waals surface area contributed by atoms with Crippen molar-refractivity contribution in [1.29, 1.82) is 0 Å². The molecule has 0 radical (unpaired) electrons. The van der Waals surface area contributed by atoms with Crippen molar-refractivity contribution in [3.05, 3.63) is 0 Å². The zero-order valence-electron chi connectivity index (χ0n) is 5.92. The van der Waals surface area contributed by atoms with E-state index in [0.717, 1.165) is 0 Å². The van der Waals surface area contributed by atoms with Crippen LogP contribution >= 0.6 is 0 Å². The topological polar surface area (TPSA) is 90.2 Å². The van der Waals surface area contributed by atoms with E-state index in [2.05, 4.69) is 0 Å². The second-order valence-electron chi connectivity index (χ2n) is 2.56. The summed E-state index contributed by atoms with van der Waals surface area (Å²) in [7, 11) is 0. The summed E-state index contributed by atoms with van der Waals surface area (Å²) in [5.74, 6) is 0. The first-order valence-corrected chi connectivity index (χ1v) is 3.44. The van der Waals surface area contributed by atoms with Crippen LogP contribution in [0.4, 0.5) is 0 Å². The molecule has 0 aliphatic carbocycles. The number of hydrogen-bond acceptors (Lipinski definition) is 5. The Morgan fingerprint density at radius 3 is 1.45 bits per heavy atom. The summed E-state index contributed by atoms with van der Waals surface area (Å²) in [5, 5.41) is 35.4. The van der Waals surface area contributed by atoms with Crippen molar-refractivity contribution >= 4 is 0 Å². The highest BCUT2D eigenvalue weighted by Crippen LogP contribution is 2.20. The first-order chi connectivity index (χ1) is 5.20. The van der Waals surface area contributed by atoms with Crippen LogP contribution in [0.3, 0.4) is 0 Å². The minimum atomic E-state index is -1.10. The van der Waals surface area contributed by atoms with E-state index in [4.69, 9.17) is 25.2 Å². The summed E-state index contributed by atoms with van der Waals surface area (Å²) in [6.07, 6.45) is -3.75. The lowest BCUT2D eigenvalue weighted by Gasteiger charge is -2.10. The summed E-state index contributed by atoms with van der Waals surface area (Å²) in [6.45, 7) is -0.705. The van der Waals surface area contributed by atoms with Crippen molar-refractivity contribution < 1.29 is 25.2 Å². The Kier molecular flexibility index (Phi) is 2.80. The van der Waals surface area contributed by atoms with Gasteiger partial charge in [-0.25, -0.2) is 0 Å². The minimum Gasteiger partial charge on any atom is -0.394 e. The lowest BCUT2D eigenvalue weighted by molar-refractivity contribution is -0.0395. The number of rotatable bonds is 2. The second-order valence-corrected chi connectivity index (χ2v) is 2.56. The minimum absolute atomic E-state index is 0.352. The van der Waals surface area contributed by atoms with Gasteiger partial charge in [-0.05, 0) is 0 Å². The maximum atomic E-state index is 9.11. The summed E-state index contributed by atoms with van der Waals surface area (Å²) in [5.41, 5.74) is 0. The summed E-state index contributed by atoms with van der Waals surface area (Å²) in [4.78, 5) is 0. The molecular formula is C6H12O5. The number of hydrogen-bond donors (Lipinski definition) is 4. The lowest BCUT2D eigenvalue weighted by Crippen LogP contribution is -2.34. The molecule has 1 rings (SSSR count). The summed E-state index contributed by atoms with van der Waals surface area (Å²) in [6, 6.07) is 0. The van der Waals surface area contributed by atoms with Crippen molar-refractivity contribution in [3.8, 4) is 0 Å². The van der Waals surface area contributed by atoms with Gasteiger partial charge in [0.05, 0.1) is 13.2 Å². The van der Waals surface area contributed by atoms with Crippen LogP contribution in [-0.4, -0.2) is 58.1 Å². The highest BCUT2D eigenvalue weighted by Gasteiger charge is 2.41. The van der Waals surface area contributed by atoms with Crippen LogP contribution in [0.1, 0.15) is 0 Å². The number of aliphatic hydroxyl groups excluding tert-OH is 4. The molecule has 1 fully saturated rings. The molecule has 0 aromatic heterocycles. The van der Waals surface area contributed by atoms with Gasteiger partial charge >= 0.3 is 0 Å². The van der Waals surface area contributed by atoms with E-state index in [9.17, 15) is 0 Å². The third kappa shape index (κ3) is 1.52. The zero-order chi connectivity index (χ0) is 8.43. The molecule has 1 unspecified atom stereocenters. The molecule has 5 nitrogen and oxygen atoms in total. The van der Waals surface area contributed by atoms with Crippen LogP contribution < -0.4 is 0 Å². The van der Waals surface area contributed by atoms with Crippen molar-refractivity contribution in [3.63, 3.8) is 0 Å². The van der Waals surface area contributed by atoms with E-state index in [0.29, 0.717) is 0 Å². The van der Waals surface area contributed by atoms with Gasteiger partial charge in [-0.1, -0.05) is 0 Å². The van der Waals surface area contributed by atoms with Gasteiger partial charge in [0, 0.05) is 0 Å². The monoisotopic (exact) mass is 164 g/mol. The van der Waals surface area contributed by atoms with E-state index in [1.165, 1.54) is 0 Å². The second kappa shape index (κ2) is 3.46. The van der Waals surface area contributed by atoms with E-state index >= 15 is 0 Å². The number of aliphatic hydroxyl groups is 4. The molecule has 0 saturated carbocycles. The van der Waals surface area contributed by atoms with Crippen LogP contribution in [0.5, 0.6) is 0 Å². The van der Waals surface area contributed by atoms with Crippen LogP contribution in [0.25, 0.3) is 0 Å². The van der Waals surface area contributed by atoms with Crippen LogP contribution in [0, 0.1) is 0 Å². The standard InChI is InChI=1S/C6H12O5/c7-1-3-5(9)6(10)4(2-8)11-3/h3-10H,1-2H2/t3-,4?,5-,6-/m0/s1. The SMILES string of the molecule is OCC1O[C@@H](CO)[C@H](O)[C@H]1O. The molecule has 1 saturated heterocycles. The Balaban J connectivity index is 2.53. The number of ether oxygens (including phenoxy) is 1. The van der Waals surface area contributed by atoms with Crippen molar-refractivity contribution in [1.82, 2.24) is 0 Å².